The molecule has 0 amide bonds. The topological polar surface area (TPSA) is 23.8 Å². The lowest BCUT2D eigenvalue weighted by atomic mass is 9.88. The molecule has 0 saturated heterocycles. The summed E-state index contributed by atoms with van der Waals surface area (Å²) in [5, 5.41) is 8.51. The average molecular weight is 185 g/mol. The second kappa shape index (κ2) is 5.24. The van der Waals surface area contributed by atoms with Crippen LogP contribution in [0.4, 0.5) is 0 Å². The van der Waals surface area contributed by atoms with Gasteiger partial charge in [0.25, 0.3) is 0 Å². The molecule has 1 atom stereocenters. The first-order valence-corrected chi connectivity index (χ1v) is 4.87. The van der Waals surface area contributed by atoms with E-state index < -0.39 is 0 Å². The fraction of sp³-hybridized carbons (Fsp3) is 0.308. The third kappa shape index (κ3) is 2.74. The minimum atomic E-state index is 0.343. The quantitative estimate of drug-likeness (QED) is 0.661. The number of allylic oxidation sites excluding steroid dienone is 2. The highest BCUT2D eigenvalue weighted by Gasteiger charge is 2.11. The van der Waals surface area contributed by atoms with Crippen molar-refractivity contribution in [3.8, 4) is 6.07 Å². The van der Waals surface area contributed by atoms with Crippen molar-refractivity contribution in [2.24, 2.45) is 5.92 Å². The van der Waals surface area contributed by atoms with E-state index in [-0.39, 0.29) is 0 Å². The Bertz CT molecular complexity index is 330. The molecule has 0 aliphatic carbocycles. The van der Waals surface area contributed by atoms with Crippen LogP contribution < -0.4 is 0 Å². The highest BCUT2D eigenvalue weighted by molar-refractivity contribution is 5.25. The molecule has 0 unspecified atom stereocenters. The molecule has 0 radical (unpaired) electrons. The predicted molar refractivity (Wildman–Crippen MR) is 58.8 cm³/mol. The van der Waals surface area contributed by atoms with Gasteiger partial charge in [0.15, 0.2) is 0 Å². The molecule has 0 aromatic heterocycles. The van der Waals surface area contributed by atoms with Crippen LogP contribution in [0.1, 0.15) is 25.3 Å². The van der Waals surface area contributed by atoms with E-state index in [1.165, 1.54) is 5.56 Å². The molecule has 72 valence electrons. The molecule has 0 saturated carbocycles. The number of benzene rings is 1. The molecule has 1 heteroatoms. The summed E-state index contributed by atoms with van der Waals surface area (Å²) in [6.07, 6.45) is 3.54. The van der Waals surface area contributed by atoms with E-state index in [2.05, 4.69) is 26.0 Å². The highest BCUT2D eigenvalue weighted by atomic mass is 14.2. The van der Waals surface area contributed by atoms with E-state index in [0.717, 1.165) is 0 Å². The van der Waals surface area contributed by atoms with Crippen LogP contribution >= 0.6 is 0 Å². The van der Waals surface area contributed by atoms with E-state index in [9.17, 15) is 0 Å². The fourth-order valence-electron chi connectivity index (χ4n) is 1.54. The first-order chi connectivity index (χ1) is 6.75. The van der Waals surface area contributed by atoms with Gasteiger partial charge in [0.1, 0.15) is 0 Å². The summed E-state index contributed by atoms with van der Waals surface area (Å²) in [4.78, 5) is 0. The van der Waals surface area contributed by atoms with Crippen molar-refractivity contribution in [2.45, 2.75) is 19.8 Å². The summed E-state index contributed by atoms with van der Waals surface area (Å²) < 4.78 is 0. The van der Waals surface area contributed by atoms with Crippen LogP contribution in [-0.2, 0) is 0 Å². The fourth-order valence-corrected chi connectivity index (χ4v) is 1.54. The van der Waals surface area contributed by atoms with Gasteiger partial charge in [-0.15, -0.1) is 0 Å². The van der Waals surface area contributed by atoms with Crippen molar-refractivity contribution in [1.29, 1.82) is 5.26 Å². The van der Waals surface area contributed by atoms with E-state index in [4.69, 9.17) is 5.26 Å². The molecule has 0 fully saturated rings. The zero-order chi connectivity index (χ0) is 10.4. The molecule has 0 bridgehead atoms. The molecule has 0 heterocycles. The van der Waals surface area contributed by atoms with Crippen LogP contribution in [-0.4, -0.2) is 0 Å². The van der Waals surface area contributed by atoms with Gasteiger partial charge in [-0.2, -0.15) is 5.26 Å². The lowest BCUT2D eigenvalue weighted by molar-refractivity contribution is 0.578. The molecule has 0 spiro atoms. The maximum atomic E-state index is 8.51. The number of nitriles is 1. The summed E-state index contributed by atoms with van der Waals surface area (Å²) in [6, 6.07) is 12.3. The van der Waals surface area contributed by atoms with Gasteiger partial charge in [0.2, 0.25) is 0 Å². The van der Waals surface area contributed by atoms with Crippen molar-refractivity contribution in [1.82, 2.24) is 0 Å². The van der Waals surface area contributed by atoms with E-state index >= 15 is 0 Å². The number of hydrogen-bond donors (Lipinski definition) is 0. The third-order valence-corrected chi connectivity index (χ3v) is 2.28. The highest BCUT2D eigenvalue weighted by Crippen LogP contribution is 2.25. The largest absolute Gasteiger partial charge is 0.193 e. The van der Waals surface area contributed by atoms with Gasteiger partial charge < -0.3 is 0 Å². The van der Waals surface area contributed by atoms with E-state index in [0.29, 0.717) is 11.8 Å². The van der Waals surface area contributed by atoms with Crippen molar-refractivity contribution >= 4 is 0 Å². The zero-order valence-corrected chi connectivity index (χ0v) is 8.64. The first kappa shape index (κ1) is 10.5. The van der Waals surface area contributed by atoms with Crippen molar-refractivity contribution in [3.05, 3.63) is 48.0 Å². The van der Waals surface area contributed by atoms with Gasteiger partial charge in [-0.3, -0.25) is 0 Å². The van der Waals surface area contributed by atoms with Crippen LogP contribution in [0.2, 0.25) is 0 Å². The van der Waals surface area contributed by atoms with Gasteiger partial charge in [-0.1, -0.05) is 50.3 Å². The van der Waals surface area contributed by atoms with E-state index in [1.54, 1.807) is 6.08 Å². The van der Waals surface area contributed by atoms with Crippen LogP contribution in [0, 0.1) is 17.2 Å². The molecule has 1 aromatic rings. The smallest absolute Gasteiger partial charge is 0.0908 e. The van der Waals surface area contributed by atoms with Crippen LogP contribution in [0.5, 0.6) is 0 Å². The SMILES string of the molecule is CC(C)[C@H](/C=C/C#N)c1ccccc1. The standard InChI is InChI=1S/C13H15N/c1-11(2)13(9-6-10-14)12-7-4-3-5-8-12/h3-9,11,13H,1-2H3/b9-6+/t13-/m0/s1. The normalized spacial score (nSPS) is 13.0. The minimum absolute atomic E-state index is 0.343. The minimum Gasteiger partial charge on any atom is -0.193 e. The number of nitrogens with zero attached hydrogens (tertiary/aromatic N) is 1. The Morgan fingerprint density at radius 1 is 1.21 bits per heavy atom. The molecule has 0 aliphatic rings. The van der Waals surface area contributed by atoms with Crippen LogP contribution in [0.25, 0.3) is 0 Å². The maximum Gasteiger partial charge on any atom is 0.0908 e. The lowest BCUT2D eigenvalue weighted by Gasteiger charge is -2.16. The molecule has 0 aliphatic heterocycles. The molecular weight excluding hydrogens is 170 g/mol. The first-order valence-electron chi connectivity index (χ1n) is 4.87. The lowest BCUT2D eigenvalue weighted by Crippen LogP contribution is -2.03. The average Bonchev–Trinajstić information content (AvgIpc) is 2.19. The summed E-state index contributed by atoms with van der Waals surface area (Å²) in [6.45, 7) is 4.33. The Hall–Kier alpha value is -1.55. The van der Waals surface area contributed by atoms with Gasteiger partial charge in [0.05, 0.1) is 6.07 Å². The summed E-state index contributed by atoms with van der Waals surface area (Å²) in [7, 11) is 0. The third-order valence-electron chi connectivity index (χ3n) is 2.28. The Morgan fingerprint density at radius 2 is 1.86 bits per heavy atom. The second-order valence-electron chi connectivity index (χ2n) is 3.67. The molecule has 0 N–H and O–H groups in total. The summed E-state index contributed by atoms with van der Waals surface area (Å²) in [5.74, 6) is 0.859. The van der Waals surface area contributed by atoms with Gasteiger partial charge in [0, 0.05) is 12.0 Å². The Balaban J connectivity index is 2.90. The molecule has 1 nitrogen and oxygen atoms in total. The Labute approximate surface area is 85.7 Å². The molecule has 1 rings (SSSR count). The van der Waals surface area contributed by atoms with Gasteiger partial charge in [-0.05, 0) is 11.5 Å². The molecular formula is C13H15N. The van der Waals surface area contributed by atoms with Crippen LogP contribution in [0.3, 0.4) is 0 Å². The Kier molecular flexibility index (Phi) is 3.94. The number of hydrogen-bond acceptors (Lipinski definition) is 1. The summed E-state index contributed by atoms with van der Waals surface area (Å²) >= 11 is 0. The molecule has 14 heavy (non-hydrogen) atoms. The molecule has 1 aromatic carbocycles. The second-order valence-corrected chi connectivity index (χ2v) is 3.67. The van der Waals surface area contributed by atoms with Crippen molar-refractivity contribution in [3.63, 3.8) is 0 Å². The van der Waals surface area contributed by atoms with Crippen molar-refractivity contribution in [2.75, 3.05) is 0 Å². The zero-order valence-electron chi connectivity index (χ0n) is 8.64. The van der Waals surface area contributed by atoms with E-state index in [1.807, 2.05) is 30.3 Å². The maximum absolute atomic E-state index is 8.51. The number of rotatable bonds is 3. The van der Waals surface area contributed by atoms with Crippen molar-refractivity contribution < 1.29 is 0 Å². The monoisotopic (exact) mass is 185 g/mol. The van der Waals surface area contributed by atoms with Crippen LogP contribution in [0.15, 0.2) is 42.5 Å². The van der Waals surface area contributed by atoms with Gasteiger partial charge >= 0.3 is 0 Å². The van der Waals surface area contributed by atoms with Gasteiger partial charge in [-0.25, -0.2) is 0 Å². The Morgan fingerprint density at radius 3 is 2.36 bits per heavy atom. The predicted octanol–water partition coefficient (Wildman–Crippen LogP) is 3.51. The summed E-state index contributed by atoms with van der Waals surface area (Å²) in [5.41, 5.74) is 1.27.